The van der Waals surface area contributed by atoms with Gasteiger partial charge in [0, 0.05) is 18.6 Å². The Labute approximate surface area is 93.9 Å². The van der Waals surface area contributed by atoms with Crippen molar-refractivity contribution in [2.75, 3.05) is 27.2 Å². The number of aliphatic hydroxyl groups is 1. The van der Waals surface area contributed by atoms with Crippen LogP contribution in [-0.4, -0.2) is 49.3 Å². The lowest BCUT2D eigenvalue weighted by molar-refractivity contribution is 0.120. The third kappa shape index (κ3) is 3.74. The smallest absolute Gasteiger partial charge is 0.0584 e. The zero-order chi connectivity index (χ0) is 11.3. The van der Waals surface area contributed by atoms with Crippen LogP contribution in [0.2, 0.25) is 0 Å². The van der Waals surface area contributed by atoms with Crippen LogP contribution in [0.3, 0.4) is 0 Å². The summed E-state index contributed by atoms with van der Waals surface area (Å²) < 4.78 is 0. The second-order valence-corrected chi connectivity index (χ2v) is 4.91. The van der Waals surface area contributed by atoms with E-state index in [1.54, 1.807) is 0 Å². The summed E-state index contributed by atoms with van der Waals surface area (Å²) in [4.78, 5) is 2.28. The van der Waals surface area contributed by atoms with Crippen molar-refractivity contribution in [3.63, 3.8) is 0 Å². The SMILES string of the molecule is CNC1CCCCC1CN(C)C(C)CO. The van der Waals surface area contributed by atoms with Crippen molar-refractivity contribution in [1.29, 1.82) is 0 Å². The predicted octanol–water partition coefficient (Wildman–Crippen LogP) is 1.08. The molecule has 3 unspecified atom stereocenters. The molecule has 3 heteroatoms. The van der Waals surface area contributed by atoms with Crippen LogP contribution in [0, 0.1) is 5.92 Å². The second-order valence-electron chi connectivity index (χ2n) is 4.91. The topological polar surface area (TPSA) is 35.5 Å². The minimum absolute atomic E-state index is 0.257. The van der Waals surface area contributed by atoms with Crippen LogP contribution in [0.25, 0.3) is 0 Å². The van der Waals surface area contributed by atoms with Crippen molar-refractivity contribution in [2.24, 2.45) is 5.92 Å². The summed E-state index contributed by atoms with van der Waals surface area (Å²) in [7, 11) is 4.18. The van der Waals surface area contributed by atoms with Crippen LogP contribution in [0.1, 0.15) is 32.6 Å². The van der Waals surface area contributed by atoms with Gasteiger partial charge in [0.2, 0.25) is 0 Å². The van der Waals surface area contributed by atoms with Gasteiger partial charge in [-0.2, -0.15) is 0 Å². The Hall–Kier alpha value is -0.120. The first-order valence-electron chi connectivity index (χ1n) is 6.17. The molecule has 1 saturated carbocycles. The van der Waals surface area contributed by atoms with Crippen LogP contribution >= 0.6 is 0 Å². The van der Waals surface area contributed by atoms with E-state index in [0.29, 0.717) is 6.04 Å². The molecule has 90 valence electrons. The zero-order valence-electron chi connectivity index (χ0n) is 10.4. The van der Waals surface area contributed by atoms with Gasteiger partial charge >= 0.3 is 0 Å². The van der Waals surface area contributed by atoms with Crippen molar-refractivity contribution >= 4 is 0 Å². The maximum absolute atomic E-state index is 9.10. The van der Waals surface area contributed by atoms with Gasteiger partial charge in [-0.25, -0.2) is 0 Å². The monoisotopic (exact) mass is 214 g/mol. The van der Waals surface area contributed by atoms with Gasteiger partial charge in [-0.1, -0.05) is 12.8 Å². The number of aliphatic hydroxyl groups excluding tert-OH is 1. The molecule has 1 aliphatic rings. The maximum atomic E-state index is 9.10. The average molecular weight is 214 g/mol. The molecule has 0 aliphatic heterocycles. The second kappa shape index (κ2) is 6.46. The number of nitrogens with zero attached hydrogens (tertiary/aromatic N) is 1. The number of hydrogen-bond acceptors (Lipinski definition) is 3. The zero-order valence-corrected chi connectivity index (χ0v) is 10.4. The first-order chi connectivity index (χ1) is 7.19. The van der Waals surface area contributed by atoms with Gasteiger partial charge in [-0.3, -0.25) is 0 Å². The molecule has 0 aromatic carbocycles. The molecule has 1 aliphatic carbocycles. The quantitative estimate of drug-likeness (QED) is 0.719. The lowest BCUT2D eigenvalue weighted by atomic mass is 9.84. The Morgan fingerprint density at radius 1 is 1.40 bits per heavy atom. The molecule has 3 atom stereocenters. The molecule has 0 saturated heterocycles. The molecule has 3 nitrogen and oxygen atoms in total. The lowest BCUT2D eigenvalue weighted by Gasteiger charge is -2.35. The molecule has 0 bridgehead atoms. The van der Waals surface area contributed by atoms with Crippen molar-refractivity contribution in [3.8, 4) is 0 Å². The number of hydrogen-bond donors (Lipinski definition) is 2. The largest absolute Gasteiger partial charge is 0.395 e. The molecule has 1 fully saturated rings. The predicted molar refractivity (Wildman–Crippen MR) is 64.0 cm³/mol. The number of likely N-dealkylation sites (N-methyl/N-ethyl adjacent to an activating group) is 1. The Balaban J connectivity index is 2.40. The van der Waals surface area contributed by atoms with Crippen LogP contribution in [0.4, 0.5) is 0 Å². The van der Waals surface area contributed by atoms with E-state index in [1.807, 2.05) is 0 Å². The van der Waals surface area contributed by atoms with Crippen LogP contribution in [0.5, 0.6) is 0 Å². The Kier molecular flexibility index (Phi) is 5.58. The highest BCUT2D eigenvalue weighted by atomic mass is 16.3. The van der Waals surface area contributed by atoms with Gasteiger partial charge in [0.1, 0.15) is 0 Å². The van der Waals surface area contributed by atoms with E-state index in [2.05, 4.69) is 31.2 Å². The third-order valence-corrected chi connectivity index (χ3v) is 3.82. The fourth-order valence-corrected chi connectivity index (χ4v) is 2.50. The molecule has 15 heavy (non-hydrogen) atoms. The molecule has 2 N–H and O–H groups in total. The van der Waals surface area contributed by atoms with Gasteiger partial charge in [-0.15, -0.1) is 0 Å². The van der Waals surface area contributed by atoms with E-state index >= 15 is 0 Å². The van der Waals surface area contributed by atoms with Crippen molar-refractivity contribution in [3.05, 3.63) is 0 Å². The Morgan fingerprint density at radius 3 is 2.67 bits per heavy atom. The molecule has 0 amide bonds. The molecule has 0 heterocycles. The highest BCUT2D eigenvalue weighted by molar-refractivity contribution is 4.82. The highest BCUT2D eigenvalue weighted by Gasteiger charge is 2.25. The average Bonchev–Trinajstić information content (AvgIpc) is 2.28. The van der Waals surface area contributed by atoms with Gasteiger partial charge in [-0.05, 0) is 39.8 Å². The maximum Gasteiger partial charge on any atom is 0.0584 e. The number of nitrogens with one attached hydrogen (secondary N) is 1. The number of rotatable bonds is 5. The van der Waals surface area contributed by atoms with Crippen molar-refractivity contribution in [2.45, 2.75) is 44.7 Å². The molecule has 0 spiro atoms. The summed E-state index contributed by atoms with van der Waals surface area (Å²) in [5, 5.41) is 12.5. The minimum Gasteiger partial charge on any atom is -0.395 e. The fraction of sp³-hybridized carbons (Fsp3) is 1.00. The van der Waals surface area contributed by atoms with E-state index in [0.717, 1.165) is 12.5 Å². The van der Waals surface area contributed by atoms with Gasteiger partial charge in [0.15, 0.2) is 0 Å². The standard InChI is InChI=1S/C12H26N2O/c1-10(9-15)14(3)8-11-6-4-5-7-12(11)13-2/h10-13,15H,4-9H2,1-3H3. The first-order valence-corrected chi connectivity index (χ1v) is 6.17. The molecule has 1 rings (SSSR count). The van der Waals surface area contributed by atoms with Gasteiger partial charge in [0.25, 0.3) is 0 Å². The normalized spacial score (nSPS) is 29.4. The summed E-state index contributed by atoms with van der Waals surface area (Å²) in [5.74, 6) is 0.753. The third-order valence-electron chi connectivity index (χ3n) is 3.82. The van der Waals surface area contributed by atoms with E-state index in [4.69, 9.17) is 5.11 Å². The van der Waals surface area contributed by atoms with Crippen LogP contribution in [-0.2, 0) is 0 Å². The Bertz CT molecular complexity index is 175. The summed E-state index contributed by atoms with van der Waals surface area (Å²) in [6.45, 7) is 3.44. The minimum atomic E-state index is 0.257. The van der Waals surface area contributed by atoms with E-state index < -0.39 is 0 Å². The summed E-state index contributed by atoms with van der Waals surface area (Å²) >= 11 is 0. The molecule has 0 aromatic heterocycles. The first kappa shape index (κ1) is 12.9. The summed E-state index contributed by atoms with van der Waals surface area (Å²) in [5.41, 5.74) is 0. The van der Waals surface area contributed by atoms with E-state index in [1.165, 1.54) is 25.7 Å². The summed E-state index contributed by atoms with van der Waals surface area (Å²) in [6.07, 6.45) is 5.36. The van der Waals surface area contributed by atoms with Crippen LogP contribution in [0.15, 0.2) is 0 Å². The van der Waals surface area contributed by atoms with Gasteiger partial charge in [0.05, 0.1) is 6.61 Å². The molecular weight excluding hydrogens is 188 g/mol. The van der Waals surface area contributed by atoms with Gasteiger partial charge < -0.3 is 15.3 Å². The Morgan fingerprint density at radius 2 is 2.07 bits per heavy atom. The molecule has 0 radical (unpaired) electrons. The van der Waals surface area contributed by atoms with E-state index in [9.17, 15) is 0 Å². The van der Waals surface area contributed by atoms with Crippen molar-refractivity contribution < 1.29 is 5.11 Å². The summed E-state index contributed by atoms with van der Waals surface area (Å²) in [6, 6.07) is 0.955. The van der Waals surface area contributed by atoms with Crippen LogP contribution < -0.4 is 5.32 Å². The lowest BCUT2D eigenvalue weighted by Crippen LogP contribution is -2.44. The molecule has 0 aromatic rings. The fourth-order valence-electron chi connectivity index (χ4n) is 2.50. The molecular formula is C12H26N2O. The van der Waals surface area contributed by atoms with E-state index in [-0.39, 0.29) is 12.6 Å². The van der Waals surface area contributed by atoms with Crippen molar-refractivity contribution in [1.82, 2.24) is 10.2 Å². The highest BCUT2D eigenvalue weighted by Crippen LogP contribution is 2.25.